The Labute approximate surface area is 140 Å². The first kappa shape index (κ1) is 14.8. The molecule has 23 heavy (non-hydrogen) atoms. The Morgan fingerprint density at radius 3 is 2.57 bits per heavy atom. The van der Waals surface area contributed by atoms with E-state index < -0.39 is 0 Å². The Morgan fingerprint density at radius 2 is 1.87 bits per heavy atom. The van der Waals surface area contributed by atoms with Gasteiger partial charge in [-0.05, 0) is 18.4 Å². The van der Waals surface area contributed by atoms with Gasteiger partial charge in [0, 0.05) is 44.0 Å². The van der Waals surface area contributed by atoms with E-state index in [1.165, 1.54) is 18.4 Å². The highest BCUT2D eigenvalue weighted by atomic mass is 32.1. The van der Waals surface area contributed by atoms with Crippen LogP contribution in [-0.4, -0.2) is 52.9 Å². The summed E-state index contributed by atoms with van der Waals surface area (Å²) >= 11 is 1.58. The number of nitrogens with zero attached hydrogens (tertiary/aromatic N) is 3. The van der Waals surface area contributed by atoms with Gasteiger partial charge in [0.15, 0.2) is 0 Å². The molecule has 2 heterocycles. The molecule has 0 N–H and O–H groups in total. The van der Waals surface area contributed by atoms with Crippen LogP contribution < -0.4 is 0 Å². The van der Waals surface area contributed by atoms with Gasteiger partial charge in [-0.2, -0.15) is 0 Å². The second-order valence-corrected chi connectivity index (χ2v) is 7.29. The number of carbonyl (C=O) groups excluding carboxylic acids is 1. The van der Waals surface area contributed by atoms with E-state index in [0.29, 0.717) is 5.69 Å². The molecule has 1 amide bonds. The van der Waals surface area contributed by atoms with E-state index in [1.54, 1.807) is 11.3 Å². The van der Waals surface area contributed by atoms with Gasteiger partial charge in [-0.1, -0.05) is 30.3 Å². The first-order chi connectivity index (χ1) is 11.3. The average Bonchev–Trinajstić information content (AvgIpc) is 3.35. The first-order valence-corrected chi connectivity index (χ1v) is 9.19. The average molecular weight is 327 g/mol. The lowest BCUT2D eigenvalue weighted by Gasteiger charge is -2.34. The lowest BCUT2D eigenvalue weighted by molar-refractivity contribution is 0.0622. The smallest absolute Gasteiger partial charge is 0.273 e. The number of rotatable bonds is 4. The highest BCUT2D eigenvalue weighted by Crippen LogP contribution is 2.27. The topological polar surface area (TPSA) is 36.4 Å². The summed E-state index contributed by atoms with van der Waals surface area (Å²) < 4.78 is 0. The monoisotopic (exact) mass is 327 g/mol. The van der Waals surface area contributed by atoms with E-state index in [1.807, 2.05) is 28.5 Å². The third-order valence-electron chi connectivity index (χ3n) is 4.63. The van der Waals surface area contributed by atoms with Crippen molar-refractivity contribution < 1.29 is 4.79 Å². The molecule has 2 aliphatic rings. The van der Waals surface area contributed by atoms with Crippen LogP contribution in [0.4, 0.5) is 0 Å². The number of carbonyl (C=O) groups is 1. The fourth-order valence-electron chi connectivity index (χ4n) is 3.15. The molecular weight excluding hydrogens is 306 g/mol. The highest BCUT2D eigenvalue weighted by molar-refractivity contribution is 7.09. The molecule has 0 unspecified atom stereocenters. The lowest BCUT2D eigenvalue weighted by atomic mass is 10.2. The Kier molecular flexibility index (Phi) is 4.14. The summed E-state index contributed by atoms with van der Waals surface area (Å²) in [6, 6.07) is 11.1. The van der Waals surface area contributed by atoms with Crippen molar-refractivity contribution in [1.29, 1.82) is 0 Å². The molecule has 5 heteroatoms. The van der Waals surface area contributed by atoms with Gasteiger partial charge in [0.2, 0.25) is 0 Å². The standard InChI is InChI=1S/C18H21N3OS/c22-18(21-10-8-20(9-11-21)15-6-7-15)16-13-23-17(19-16)12-14-4-2-1-3-5-14/h1-5,13,15H,6-12H2. The van der Waals surface area contributed by atoms with Gasteiger partial charge in [-0.3, -0.25) is 9.69 Å². The zero-order chi connectivity index (χ0) is 15.6. The van der Waals surface area contributed by atoms with E-state index in [2.05, 4.69) is 22.0 Å². The van der Waals surface area contributed by atoms with Crippen molar-refractivity contribution in [2.75, 3.05) is 26.2 Å². The predicted octanol–water partition coefficient (Wildman–Crippen LogP) is 2.65. The van der Waals surface area contributed by atoms with E-state index in [9.17, 15) is 4.79 Å². The van der Waals surface area contributed by atoms with Crippen molar-refractivity contribution >= 4 is 17.2 Å². The van der Waals surface area contributed by atoms with Gasteiger partial charge in [-0.15, -0.1) is 11.3 Å². The molecule has 0 atom stereocenters. The quantitative estimate of drug-likeness (QED) is 0.866. The Bertz CT molecular complexity index is 673. The third-order valence-corrected chi connectivity index (χ3v) is 5.48. The van der Waals surface area contributed by atoms with Crippen LogP contribution in [0.1, 0.15) is 33.9 Å². The predicted molar refractivity (Wildman–Crippen MR) is 91.9 cm³/mol. The van der Waals surface area contributed by atoms with Crippen molar-refractivity contribution in [2.24, 2.45) is 0 Å². The van der Waals surface area contributed by atoms with Crippen LogP contribution in [0.5, 0.6) is 0 Å². The van der Waals surface area contributed by atoms with Crippen LogP contribution in [-0.2, 0) is 6.42 Å². The molecule has 0 spiro atoms. The minimum absolute atomic E-state index is 0.0935. The maximum absolute atomic E-state index is 12.6. The number of hydrogen-bond donors (Lipinski definition) is 0. The van der Waals surface area contributed by atoms with Crippen molar-refractivity contribution in [1.82, 2.24) is 14.8 Å². The summed E-state index contributed by atoms with van der Waals surface area (Å²) in [6.45, 7) is 3.69. The van der Waals surface area contributed by atoms with Gasteiger partial charge >= 0.3 is 0 Å². The Balaban J connectivity index is 1.37. The fraction of sp³-hybridized carbons (Fsp3) is 0.444. The minimum atomic E-state index is 0.0935. The molecule has 0 radical (unpaired) electrons. The zero-order valence-electron chi connectivity index (χ0n) is 13.1. The summed E-state index contributed by atoms with van der Waals surface area (Å²) in [5.41, 5.74) is 1.85. The van der Waals surface area contributed by atoms with Crippen molar-refractivity contribution in [3.05, 3.63) is 52.0 Å². The second kappa shape index (κ2) is 6.42. The summed E-state index contributed by atoms with van der Waals surface area (Å²) in [7, 11) is 0. The maximum atomic E-state index is 12.6. The molecule has 2 aromatic rings. The normalized spacial score (nSPS) is 19.0. The molecular formula is C18H21N3OS. The molecule has 1 aliphatic carbocycles. The van der Waals surface area contributed by atoms with E-state index in [-0.39, 0.29) is 5.91 Å². The second-order valence-electron chi connectivity index (χ2n) is 6.35. The summed E-state index contributed by atoms with van der Waals surface area (Å²) in [4.78, 5) is 21.6. The van der Waals surface area contributed by atoms with Gasteiger partial charge in [0.1, 0.15) is 5.69 Å². The summed E-state index contributed by atoms with van der Waals surface area (Å²) in [5, 5.41) is 2.92. The largest absolute Gasteiger partial charge is 0.335 e. The van der Waals surface area contributed by atoms with Crippen molar-refractivity contribution in [3.63, 3.8) is 0 Å². The van der Waals surface area contributed by atoms with Crippen LogP contribution in [0, 0.1) is 0 Å². The SMILES string of the molecule is O=C(c1csc(Cc2ccccc2)n1)N1CCN(C2CC2)CC1. The Morgan fingerprint density at radius 1 is 1.13 bits per heavy atom. The van der Waals surface area contributed by atoms with Crippen LogP contribution in [0.15, 0.2) is 35.7 Å². The number of thiazole rings is 1. The van der Waals surface area contributed by atoms with Crippen LogP contribution in [0.3, 0.4) is 0 Å². The van der Waals surface area contributed by atoms with Gasteiger partial charge in [-0.25, -0.2) is 4.98 Å². The molecule has 0 bridgehead atoms. The van der Waals surface area contributed by atoms with Gasteiger partial charge in [0.25, 0.3) is 5.91 Å². The van der Waals surface area contributed by atoms with Crippen molar-refractivity contribution in [2.45, 2.75) is 25.3 Å². The van der Waals surface area contributed by atoms with E-state index >= 15 is 0 Å². The number of hydrogen-bond acceptors (Lipinski definition) is 4. The molecule has 2 fully saturated rings. The number of amides is 1. The zero-order valence-corrected chi connectivity index (χ0v) is 14.0. The molecule has 1 aromatic carbocycles. The lowest BCUT2D eigenvalue weighted by Crippen LogP contribution is -2.49. The molecule has 4 nitrogen and oxygen atoms in total. The first-order valence-electron chi connectivity index (χ1n) is 8.31. The number of aromatic nitrogens is 1. The van der Waals surface area contributed by atoms with Crippen LogP contribution >= 0.6 is 11.3 Å². The molecule has 1 aliphatic heterocycles. The fourth-order valence-corrected chi connectivity index (χ4v) is 3.95. The third kappa shape index (κ3) is 3.46. The maximum Gasteiger partial charge on any atom is 0.273 e. The highest BCUT2D eigenvalue weighted by Gasteiger charge is 2.32. The molecule has 4 rings (SSSR count). The minimum Gasteiger partial charge on any atom is -0.335 e. The number of piperazine rings is 1. The summed E-state index contributed by atoms with van der Waals surface area (Å²) in [6.07, 6.45) is 3.47. The molecule has 1 saturated carbocycles. The Hall–Kier alpha value is -1.72. The molecule has 1 aromatic heterocycles. The van der Waals surface area contributed by atoms with Gasteiger partial charge < -0.3 is 4.90 Å². The van der Waals surface area contributed by atoms with Gasteiger partial charge in [0.05, 0.1) is 5.01 Å². The van der Waals surface area contributed by atoms with Crippen LogP contribution in [0.2, 0.25) is 0 Å². The van der Waals surface area contributed by atoms with E-state index in [0.717, 1.165) is 43.6 Å². The summed E-state index contributed by atoms with van der Waals surface area (Å²) in [5.74, 6) is 0.0935. The molecule has 1 saturated heterocycles. The van der Waals surface area contributed by atoms with E-state index in [4.69, 9.17) is 0 Å². The van der Waals surface area contributed by atoms with Crippen LogP contribution in [0.25, 0.3) is 0 Å². The molecule has 120 valence electrons. The van der Waals surface area contributed by atoms with Crippen molar-refractivity contribution in [3.8, 4) is 0 Å². The number of benzene rings is 1.